The molecule has 5 heteroatoms. The lowest BCUT2D eigenvalue weighted by molar-refractivity contribution is -0.121. The zero-order valence-corrected chi connectivity index (χ0v) is 19.7. The van der Waals surface area contributed by atoms with Gasteiger partial charge in [-0.05, 0) is 50.7 Å². The van der Waals surface area contributed by atoms with Crippen LogP contribution in [0.5, 0.6) is 0 Å². The van der Waals surface area contributed by atoms with Crippen LogP contribution in [-0.4, -0.2) is 20.9 Å². The Labute approximate surface area is 188 Å². The number of nitrogens with zero attached hydrogens (tertiary/aromatic N) is 3. The molecule has 1 amide bonds. The average molecular weight is 427 g/mol. The molecule has 172 valence electrons. The van der Waals surface area contributed by atoms with Gasteiger partial charge in [-0.2, -0.15) is 0 Å². The molecule has 1 aromatic heterocycles. The lowest BCUT2D eigenvalue weighted by Gasteiger charge is -2.06. The first kappa shape index (κ1) is 25.1. The summed E-state index contributed by atoms with van der Waals surface area (Å²) in [7, 11) is 0. The van der Waals surface area contributed by atoms with Crippen LogP contribution < -0.4 is 5.32 Å². The maximum atomic E-state index is 12.1. The number of rotatable bonds is 17. The molecule has 1 heterocycles. The Morgan fingerprint density at radius 1 is 0.935 bits per heavy atom. The van der Waals surface area contributed by atoms with Crippen LogP contribution in [0.25, 0.3) is 11.0 Å². The maximum Gasteiger partial charge on any atom is 0.221 e. The summed E-state index contributed by atoms with van der Waals surface area (Å²) in [4.78, 5) is 12.1. The predicted octanol–water partition coefficient (Wildman–Crippen LogP) is 6.85. The van der Waals surface area contributed by atoms with Gasteiger partial charge in [-0.25, -0.2) is 4.68 Å². The van der Waals surface area contributed by atoms with Crippen LogP contribution in [0.1, 0.15) is 102 Å². The molecule has 0 atom stereocenters. The number of allylic oxidation sites excluding steroid dienone is 2. The van der Waals surface area contributed by atoms with Crippen molar-refractivity contribution in [3.63, 3.8) is 0 Å². The third-order valence-corrected chi connectivity index (χ3v) is 5.84. The highest BCUT2D eigenvalue weighted by atomic mass is 16.1. The molecular formula is C26H42N4O. The molecule has 0 spiro atoms. The second kappa shape index (κ2) is 15.6. The SMILES string of the molecule is CCCCCCCC/C=C\CCCCCCCC(=O)NCn1nnc2c(C)cccc21. The molecular weight excluding hydrogens is 384 g/mol. The van der Waals surface area contributed by atoms with E-state index >= 15 is 0 Å². The number of carbonyl (C=O) groups excluding carboxylic acids is 1. The highest BCUT2D eigenvalue weighted by Crippen LogP contribution is 2.14. The molecule has 0 fully saturated rings. The minimum atomic E-state index is 0.0916. The number of unbranched alkanes of at least 4 members (excludes halogenated alkanes) is 11. The topological polar surface area (TPSA) is 59.8 Å². The Balaban J connectivity index is 1.42. The van der Waals surface area contributed by atoms with Crippen molar-refractivity contribution in [2.75, 3.05) is 0 Å². The predicted molar refractivity (Wildman–Crippen MR) is 130 cm³/mol. The van der Waals surface area contributed by atoms with Crippen molar-refractivity contribution in [2.24, 2.45) is 0 Å². The van der Waals surface area contributed by atoms with Crippen LogP contribution in [0.2, 0.25) is 0 Å². The van der Waals surface area contributed by atoms with E-state index in [9.17, 15) is 4.79 Å². The van der Waals surface area contributed by atoms with Gasteiger partial charge in [0.2, 0.25) is 5.91 Å². The molecule has 2 rings (SSSR count). The Kier molecular flexibility index (Phi) is 12.6. The molecule has 1 aromatic carbocycles. The van der Waals surface area contributed by atoms with Gasteiger partial charge in [0.1, 0.15) is 12.2 Å². The van der Waals surface area contributed by atoms with Crippen molar-refractivity contribution in [1.82, 2.24) is 20.3 Å². The summed E-state index contributed by atoms with van der Waals surface area (Å²) in [6, 6.07) is 6.00. The van der Waals surface area contributed by atoms with Gasteiger partial charge in [0.25, 0.3) is 0 Å². The van der Waals surface area contributed by atoms with Gasteiger partial charge in [0.05, 0.1) is 5.52 Å². The number of hydrogen-bond donors (Lipinski definition) is 1. The molecule has 0 unspecified atom stereocenters. The summed E-state index contributed by atoms with van der Waals surface area (Å²) < 4.78 is 1.75. The lowest BCUT2D eigenvalue weighted by atomic mass is 10.1. The molecule has 0 saturated carbocycles. The number of nitrogens with one attached hydrogen (secondary N) is 1. The molecule has 5 nitrogen and oxygen atoms in total. The van der Waals surface area contributed by atoms with Crippen molar-refractivity contribution in [3.8, 4) is 0 Å². The second-order valence-corrected chi connectivity index (χ2v) is 8.62. The molecule has 1 N–H and O–H groups in total. The summed E-state index contributed by atoms with van der Waals surface area (Å²) >= 11 is 0. The highest BCUT2D eigenvalue weighted by molar-refractivity contribution is 5.78. The zero-order chi connectivity index (χ0) is 22.2. The van der Waals surface area contributed by atoms with Crippen molar-refractivity contribution in [2.45, 2.75) is 110 Å². The molecule has 0 radical (unpaired) electrons. The minimum Gasteiger partial charge on any atom is -0.337 e. The van der Waals surface area contributed by atoms with Crippen LogP contribution in [0, 0.1) is 6.92 Å². The molecule has 0 aliphatic carbocycles. The number of aromatic nitrogens is 3. The first-order valence-corrected chi connectivity index (χ1v) is 12.4. The third kappa shape index (κ3) is 10.1. The van der Waals surface area contributed by atoms with E-state index < -0.39 is 0 Å². The molecule has 0 saturated heterocycles. The van der Waals surface area contributed by atoms with Gasteiger partial charge in [0.15, 0.2) is 0 Å². The normalized spacial score (nSPS) is 11.5. The smallest absolute Gasteiger partial charge is 0.221 e. The van der Waals surface area contributed by atoms with E-state index in [1.54, 1.807) is 4.68 Å². The van der Waals surface area contributed by atoms with Gasteiger partial charge in [0, 0.05) is 6.42 Å². The minimum absolute atomic E-state index is 0.0916. The molecule has 0 aliphatic rings. The summed E-state index contributed by atoms with van der Waals surface area (Å²) in [5.41, 5.74) is 2.96. The van der Waals surface area contributed by atoms with Gasteiger partial charge in [-0.1, -0.05) is 87.8 Å². The van der Waals surface area contributed by atoms with E-state index in [4.69, 9.17) is 0 Å². The maximum absolute atomic E-state index is 12.1. The van der Waals surface area contributed by atoms with E-state index in [-0.39, 0.29) is 5.91 Å². The van der Waals surface area contributed by atoms with Gasteiger partial charge < -0.3 is 5.32 Å². The van der Waals surface area contributed by atoms with Crippen molar-refractivity contribution in [1.29, 1.82) is 0 Å². The van der Waals surface area contributed by atoms with Gasteiger partial charge >= 0.3 is 0 Å². The van der Waals surface area contributed by atoms with Crippen LogP contribution in [0.4, 0.5) is 0 Å². The van der Waals surface area contributed by atoms with Crippen molar-refractivity contribution in [3.05, 3.63) is 35.9 Å². The quantitative estimate of drug-likeness (QED) is 0.222. The standard InChI is InChI=1S/C26H42N4O/c1-3-4-5-6-7-8-9-10-11-12-13-14-15-16-17-21-25(31)27-22-30-24-20-18-19-23(2)26(24)28-29-30/h10-11,18-20H,3-9,12-17,21-22H2,1-2H3,(H,27,31)/b11-10-. The number of carbonyl (C=O) groups is 1. The summed E-state index contributed by atoms with van der Waals surface area (Å²) in [5.74, 6) is 0.0916. The fourth-order valence-corrected chi connectivity index (χ4v) is 3.85. The van der Waals surface area contributed by atoms with E-state index in [2.05, 4.69) is 34.7 Å². The van der Waals surface area contributed by atoms with Crippen LogP contribution in [0.15, 0.2) is 30.4 Å². The number of fused-ring (bicyclic) bond motifs is 1. The van der Waals surface area contributed by atoms with Crippen molar-refractivity contribution < 1.29 is 4.79 Å². The van der Waals surface area contributed by atoms with Crippen molar-refractivity contribution >= 4 is 16.9 Å². The fraction of sp³-hybridized carbons (Fsp3) is 0.654. The molecule has 0 aliphatic heterocycles. The lowest BCUT2D eigenvalue weighted by Crippen LogP contribution is -2.26. The second-order valence-electron chi connectivity index (χ2n) is 8.62. The van der Waals surface area contributed by atoms with Crippen LogP contribution >= 0.6 is 0 Å². The molecule has 0 bridgehead atoms. The van der Waals surface area contributed by atoms with E-state index in [0.717, 1.165) is 29.4 Å². The Morgan fingerprint density at radius 2 is 1.58 bits per heavy atom. The van der Waals surface area contributed by atoms with E-state index in [0.29, 0.717) is 13.1 Å². The summed E-state index contributed by atoms with van der Waals surface area (Å²) in [5, 5.41) is 11.3. The highest BCUT2D eigenvalue weighted by Gasteiger charge is 2.07. The summed E-state index contributed by atoms with van der Waals surface area (Å²) in [6.07, 6.45) is 21.8. The Bertz CT molecular complexity index is 781. The monoisotopic (exact) mass is 426 g/mol. The van der Waals surface area contributed by atoms with Gasteiger partial charge in [-0.3, -0.25) is 4.79 Å². The first-order chi connectivity index (χ1) is 15.2. The van der Waals surface area contributed by atoms with Crippen LogP contribution in [-0.2, 0) is 11.5 Å². The number of aryl methyl sites for hydroxylation is 1. The molecule has 2 aromatic rings. The summed E-state index contributed by atoms with van der Waals surface area (Å²) in [6.45, 7) is 4.67. The number of benzene rings is 1. The van der Waals surface area contributed by atoms with E-state index in [1.807, 2.05) is 25.1 Å². The Morgan fingerprint density at radius 3 is 2.29 bits per heavy atom. The number of amides is 1. The third-order valence-electron chi connectivity index (χ3n) is 5.84. The largest absolute Gasteiger partial charge is 0.337 e. The average Bonchev–Trinajstić information content (AvgIpc) is 3.19. The Hall–Kier alpha value is -2.17. The van der Waals surface area contributed by atoms with E-state index in [1.165, 1.54) is 70.6 Å². The van der Waals surface area contributed by atoms with Gasteiger partial charge in [-0.15, -0.1) is 5.10 Å². The number of hydrogen-bond acceptors (Lipinski definition) is 3. The zero-order valence-electron chi connectivity index (χ0n) is 19.7. The fourth-order valence-electron chi connectivity index (χ4n) is 3.85. The first-order valence-electron chi connectivity index (χ1n) is 12.4. The van der Waals surface area contributed by atoms with Crippen LogP contribution in [0.3, 0.4) is 0 Å². The molecule has 31 heavy (non-hydrogen) atoms.